The molecule has 0 radical (unpaired) electrons. The molecule has 0 spiro atoms. The predicted molar refractivity (Wildman–Crippen MR) is 70.6 cm³/mol. The lowest BCUT2D eigenvalue weighted by Gasteiger charge is -2.36. The first-order chi connectivity index (χ1) is 7.72. The fourth-order valence-electron chi connectivity index (χ4n) is 4.76. The van der Waals surface area contributed by atoms with E-state index in [1.165, 1.54) is 25.7 Å². The van der Waals surface area contributed by atoms with E-state index in [9.17, 15) is 5.11 Å². The van der Waals surface area contributed by atoms with Gasteiger partial charge in [-0.25, -0.2) is 0 Å². The molecule has 0 aliphatic heterocycles. The average Bonchev–Trinajstić information content (AvgIpc) is 3.03. The van der Waals surface area contributed by atoms with Crippen LogP contribution in [-0.4, -0.2) is 11.2 Å². The minimum absolute atomic E-state index is 0.123. The fraction of sp³-hybridized carbons (Fsp3) is 1.00. The third kappa shape index (κ3) is 1.41. The van der Waals surface area contributed by atoms with Crippen LogP contribution in [0.15, 0.2) is 0 Å². The number of fused-ring (bicyclic) bond motifs is 1. The summed E-state index contributed by atoms with van der Waals surface area (Å²) in [5.74, 6) is 2.70. The number of aliphatic hydroxyl groups excluding tert-OH is 1. The summed E-state index contributed by atoms with van der Waals surface area (Å²) in [5, 5.41) is 9.84. The molecular formula is C16H28O. The van der Waals surface area contributed by atoms with E-state index in [1.807, 2.05) is 6.92 Å². The molecule has 3 rings (SSSR count). The summed E-state index contributed by atoms with van der Waals surface area (Å²) in [6.07, 6.45) is 5.41. The number of hydrogen-bond donors (Lipinski definition) is 1. The molecule has 6 unspecified atom stereocenters. The Morgan fingerprint density at radius 3 is 2.18 bits per heavy atom. The molecule has 3 aliphatic carbocycles. The summed E-state index contributed by atoms with van der Waals surface area (Å²) in [6, 6.07) is 0. The van der Waals surface area contributed by atoms with Gasteiger partial charge in [-0.1, -0.05) is 27.7 Å². The van der Waals surface area contributed by atoms with E-state index in [2.05, 4.69) is 27.7 Å². The van der Waals surface area contributed by atoms with Gasteiger partial charge in [-0.2, -0.15) is 0 Å². The molecule has 0 saturated heterocycles. The van der Waals surface area contributed by atoms with Gasteiger partial charge in [-0.05, 0) is 66.6 Å². The normalized spacial score (nSPS) is 56.5. The van der Waals surface area contributed by atoms with Gasteiger partial charge in [0.15, 0.2) is 0 Å². The molecule has 3 fully saturated rings. The molecule has 3 saturated carbocycles. The van der Waals surface area contributed by atoms with E-state index in [0.29, 0.717) is 10.8 Å². The molecule has 1 heteroatoms. The van der Waals surface area contributed by atoms with Crippen LogP contribution in [0.1, 0.15) is 60.3 Å². The van der Waals surface area contributed by atoms with Gasteiger partial charge in [0.05, 0.1) is 6.10 Å². The smallest absolute Gasteiger partial charge is 0.0568 e. The summed E-state index contributed by atoms with van der Waals surface area (Å²) in [4.78, 5) is 0. The Morgan fingerprint density at radius 1 is 1.12 bits per heavy atom. The van der Waals surface area contributed by atoms with Crippen molar-refractivity contribution in [3.63, 3.8) is 0 Å². The lowest BCUT2D eigenvalue weighted by atomic mass is 9.69. The van der Waals surface area contributed by atoms with Gasteiger partial charge in [0.25, 0.3) is 0 Å². The minimum atomic E-state index is -0.123. The van der Waals surface area contributed by atoms with Crippen molar-refractivity contribution in [2.45, 2.75) is 66.4 Å². The Bertz CT molecular complexity index is 345. The Labute approximate surface area is 106 Å². The van der Waals surface area contributed by atoms with Gasteiger partial charge < -0.3 is 5.11 Å². The largest absolute Gasteiger partial charge is 0.393 e. The second-order valence-electron chi connectivity index (χ2n) is 8.29. The summed E-state index contributed by atoms with van der Waals surface area (Å²) in [5.41, 5.74) is 1.41. The molecule has 0 heterocycles. The summed E-state index contributed by atoms with van der Waals surface area (Å²) in [7, 11) is 0. The van der Waals surface area contributed by atoms with E-state index in [4.69, 9.17) is 0 Å². The second kappa shape index (κ2) is 3.10. The number of aliphatic hydroxyl groups is 1. The molecular weight excluding hydrogens is 208 g/mol. The summed E-state index contributed by atoms with van der Waals surface area (Å²) in [6.45, 7) is 11.7. The van der Waals surface area contributed by atoms with Crippen molar-refractivity contribution in [2.75, 3.05) is 0 Å². The van der Waals surface area contributed by atoms with Gasteiger partial charge in [0.2, 0.25) is 0 Å². The zero-order valence-corrected chi connectivity index (χ0v) is 12.1. The van der Waals surface area contributed by atoms with Crippen molar-refractivity contribution in [1.29, 1.82) is 0 Å². The molecule has 1 N–H and O–H groups in total. The van der Waals surface area contributed by atoms with Crippen molar-refractivity contribution in [3.8, 4) is 0 Å². The number of rotatable bonds is 3. The predicted octanol–water partition coefficient (Wildman–Crippen LogP) is 3.86. The van der Waals surface area contributed by atoms with Crippen molar-refractivity contribution in [2.24, 2.45) is 34.0 Å². The third-order valence-corrected chi connectivity index (χ3v) is 7.46. The van der Waals surface area contributed by atoms with Crippen LogP contribution < -0.4 is 0 Å². The van der Waals surface area contributed by atoms with Crippen LogP contribution in [0.5, 0.6) is 0 Å². The number of hydrogen-bond acceptors (Lipinski definition) is 1. The Balaban J connectivity index is 1.66. The Kier molecular flexibility index (Phi) is 2.19. The van der Waals surface area contributed by atoms with Crippen molar-refractivity contribution >= 4 is 0 Å². The van der Waals surface area contributed by atoms with E-state index in [0.717, 1.165) is 17.8 Å². The fourth-order valence-corrected chi connectivity index (χ4v) is 4.76. The van der Waals surface area contributed by atoms with E-state index < -0.39 is 0 Å². The maximum atomic E-state index is 9.84. The molecule has 0 aromatic heterocycles. The lowest BCUT2D eigenvalue weighted by Crippen LogP contribution is -2.29. The first kappa shape index (κ1) is 12.0. The highest BCUT2D eigenvalue weighted by Gasteiger charge is 2.68. The van der Waals surface area contributed by atoms with Crippen LogP contribution >= 0.6 is 0 Å². The van der Waals surface area contributed by atoms with Crippen LogP contribution in [0, 0.1) is 34.0 Å². The maximum absolute atomic E-state index is 9.84. The van der Waals surface area contributed by atoms with Crippen molar-refractivity contribution in [1.82, 2.24) is 0 Å². The zero-order chi connectivity index (χ0) is 12.6. The lowest BCUT2D eigenvalue weighted by molar-refractivity contribution is 0.0932. The molecule has 0 bridgehead atoms. The van der Waals surface area contributed by atoms with Crippen molar-refractivity contribution < 1.29 is 5.11 Å². The van der Waals surface area contributed by atoms with Gasteiger partial charge in [-0.3, -0.25) is 0 Å². The van der Waals surface area contributed by atoms with Gasteiger partial charge in [-0.15, -0.1) is 0 Å². The SMILES string of the molecule is CC(O)C1(C)CC1CC1CC2CC2(C)C1(C)C. The van der Waals surface area contributed by atoms with Gasteiger partial charge in [0, 0.05) is 0 Å². The molecule has 6 atom stereocenters. The van der Waals surface area contributed by atoms with Gasteiger partial charge >= 0.3 is 0 Å². The van der Waals surface area contributed by atoms with Crippen LogP contribution in [0.2, 0.25) is 0 Å². The van der Waals surface area contributed by atoms with Gasteiger partial charge in [0.1, 0.15) is 0 Å². The Morgan fingerprint density at radius 2 is 1.76 bits per heavy atom. The molecule has 17 heavy (non-hydrogen) atoms. The van der Waals surface area contributed by atoms with Crippen LogP contribution in [0.4, 0.5) is 0 Å². The first-order valence-electron chi connectivity index (χ1n) is 7.40. The van der Waals surface area contributed by atoms with E-state index in [-0.39, 0.29) is 11.5 Å². The topological polar surface area (TPSA) is 20.2 Å². The summed E-state index contributed by atoms with van der Waals surface area (Å²) < 4.78 is 0. The van der Waals surface area contributed by atoms with Crippen LogP contribution in [0.3, 0.4) is 0 Å². The Hall–Kier alpha value is -0.0400. The molecule has 3 aliphatic rings. The highest BCUT2D eigenvalue weighted by molar-refractivity contribution is 5.17. The highest BCUT2D eigenvalue weighted by atomic mass is 16.3. The molecule has 0 aromatic rings. The zero-order valence-electron chi connectivity index (χ0n) is 12.1. The first-order valence-corrected chi connectivity index (χ1v) is 7.40. The molecule has 98 valence electrons. The van der Waals surface area contributed by atoms with E-state index in [1.54, 1.807) is 0 Å². The van der Waals surface area contributed by atoms with E-state index >= 15 is 0 Å². The van der Waals surface area contributed by atoms with Crippen molar-refractivity contribution in [3.05, 3.63) is 0 Å². The van der Waals surface area contributed by atoms with Crippen LogP contribution in [0.25, 0.3) is 0 Å². The third-order valence-electron chi connectivity index (χ3n) is 7.46. The molecule has 0 aromatic carbocycles. The monoisotopic (exact) mass is 236 g/mol. The highest BCUT2D eigenvalue weighted by Crippen LogP contribution is 2.75. The maximum Gasteiger partial charge on any atom is 0.0568 e. The molecule has 1 nitrogen and oxygen atoms in total. The minimum Gasteiger partial charge on any atom is -0.393 e. The van der Waals surface area contributed by atoms with Crippen LogP contribution in [-0.2, 0) is 0 Å². The quantitative estimate of drug-likeness (QED) is 0.789. The average molecular weight is 236 g/mol. The molecule has 0 amide bonds. The standard InChI is InChI=1S/C16H28O/c1-10(17)15(4)8-12(15)6-11-7-13-9-16(13,5)14(11,2)3/h10-13,17H,6-9H2,1-5H3. The summed E-state index contributed by atoms with van der Waals surface area (Å²) >= 11 is 0. The second-order valence-corrected chi connectivity index (χ2v) is 8.29.